The number of halogens is 1. The van der Waals surface area contributed by atoms with Gasteiger partial charge >= 0.3 is 6.03 Å². The van der Waals surface area contributed by atoms with Gasteiger partial charge in [0.15, 0.2) is 0 Å². The molecule has 1 heterocycles. The molecule has 0 atom stereocenters. The second-order valence-electron chi connectivity index (χ2n) is 3.58. The normalized spacial score (nSPS) is 10.1. The maximum atomic E-state index is 11.6. The second-order valence-corrected chi connectivity index (χ2v) is 4.77. The number of hydrogen-bond acceptors (Lipinski definition) is 4. The van der Waals surface area contributed by atoms with E-state index in [0.29, 0.717) is 22.5 Å². The molecule has 2 rings (SSSR count). The van der Waals surface area contributed by atoms with Crippen molar-refractivity contribution in [3.8, 4) is 0 Å². The Bertz CT molecular complexity index is 540. The average molecular weight is 283 g/mol. The highest BCUT2D eigenvalue weighted by molar-refractivity contribution is 7.09. The minimum atomic E-state index is -0.305. The molecule has 1 aromatic heterocycles. The molecule has 0 aliphatic heterocycles. The summed E-state index contributed by atoms with van der Waals surface area (Å²) in [5.74, 6) is 0.646. The maximum Gasteiger partial charge on any atom is 0.321 e. The number of aryl methyl sites for hydroxylation is 1. The molecule has 0 saturated carbocycles. The number of nitrogens with one attached hydrogen (secondary N) is 2. The third-order valence-electron chi connectivity index (χ3n) is 2.11. The Morgan fingerprint density at radius 3 is 2.72 bits per heavy atom. The van der Waals surface area contributed by atoms with Gasteiger partial charge in [-0.1, -0.05) is 23.7 Å². The molecule has 18 heavy (non-hydrogen) atoms. The van der Waals surface area contributed by atoms with Gasteiger partial charge in [-0.05, 0) is 24.6 Å². The van der Waals surface area contributed by atoms with Crippen LogP contribution in [-0.2, 0) is 6.54 Å². The number of urea groups is 1. The van der Waals surface area contributed by atoms with Crippen LogP contribution in [0.1, 0.15) is 11.4 Å². The van der Waals surface area contributed by atoms with E-state index in [9.17, 15) is 4.79 Å². The molecule has 7 heteroatoms. The summed E-state index contributed by atoms with van der Waals surface area (Å²) in [5, 5.41) is 6.50. The minimum Gasteiger partial charge on any atom is -0.334 e. The monoisotopic (exact) mass is 282 g/mol. The number of aromatic nitrogens is 2. The number of hydrogen-bond donors (Lipinski definition) is 2. The number of carbonyl (C=O) groups excluding carboxylic acids is 1. The van der Waals surface area contributed by atoms with E-state index < -0.39 is 0 Å². The zero-order chi connectivity index (χ0) is 13.0. The van der Waals surface area contributed by atoms with Crippen LogP contribution in [0.3, 0.4) is 0 Å². The zero-order valence-electron chi connectivity index (χ0n) is 9.61. The van der Waals surface area contributed by atoms with E-state index in [1.165, 1.54) is 0 Å². The first-order valence-corrected chi connectivity index (χ1v) is 6.38. The fraction of sp³-hybridized carbons (Fsp3) is 0.182. The quantitative estimate of drug-likeness (QED) is 0.910. The van der Waals surface area contributed by atoms with E-state index in [0.717, 1.165) is 17.1 Å². The van der Waals surface area contributed by atoms with Crippen molar-refractivity contribution in [2.24, 2.45) is 0 Å². The van der Waals surface area contributed by atoms with Crippen molar-refractivity contribution in [3.63, 3.8) is 0 Å². The van der Waals surface area contributed by atoms with Gasteiger partial charge in [-0.25, -0.2) is 9.78 Å². The van der Waals surface area contributed by atoms with Crippen LogP contribution in [0, 0.1) is 6.92 Å². The lowest BCUT2D eigenvalue weighted by Crippen LogP contribution is -2.28. The van der Waals surface area contributed by atoms with E-state index in [4.69, 9.17) is 11.6 Å². The molecular formula is C11H11ClN4OS. The lowest BCUT2D eigenvalue weighted by atomic mass is 10.2. The molecule has 0 bridgehead atoms. The third kappa shape index (κ3) is 3.68. The Balaban J connectivity index is 1.83. The number of carbonyl (C=O) groups is 1. The van der Waals surface area contributed by atoms with Crippen molar-refractivity contribution in [1.82, 2.24) is 14.7 Å². The van der Waals surface area contributed by atoms with Crippen LogP contribution in [0.15, 0.2) is 24.3 Å². The topological polar surface area (TPSA) is 66.9 Å². The van der Waals surface area contributed by atoms with Crippen molar-refractivity contribution < 1.29 is 4.79 Å². The highest BCUT2D eigenvalue weighted by atomic mass is 35.5. The van der Waals surface area contributed by atoms with Crippen LogP contribution in [-0.4, -0.2) is 15.4 Å². The lowest BCUT2D eigenvalue weighted by Gasteiger charge is -2.05. The molecule has 1 aromatic carbocycles. The van der Waals surface area contributed by atoms with E-state index in [1.807, 2.05) is 12.1 Å². The molecule has 0 radical (unpaired) electrons. The smallest absolute Gasteiger partial charge is 0.321 e. The summed E-state index contributed by atoms with van der Waals surface area (Å²) in [7, 11) is 0. The summed E-state index contributed by atoms with van der Waals surface area (Å²) in [5.41, 5.74) is 0.975. The van der Waals surface area contributed by atoms with Gasteiger partial charge in [0.05, 0.1) is 0 Å². The van der Waals surface area contributed by atoms with Crippen LogP contribution in [0.4, 0.5) is 9.93 Å². The third-order valence-corrected chi connectivity index (χ3v) is 3.09. The molecule has 0 fully saturated rings. The Labute approximate surface area is 113 Å². The van der Waals surface area contributed by atoms with Gasteiger partial charge in [-0.3, -0.25) is 5.32 Å². The molecule has 0 aliphatic rings. The first-order chi connectivity index (χ1) is 8.63. The van der Waals surface area contributed by atoms with Crippen LogP contribution in [0.25, 0.3) is 0 Å². The molecule has 2 aromatic rings. The van der Waals surface area contributed by atoms with Gasteiger partial charge in [0, 0.05) is 23.1 Å². The highest BCUT2D eigenvalue weighted by Gasteiger charge is 2.05. The van der Waals surface area contributed by atoms with Crippen LogP contribution in [0.2, 0.25) is 5.02 Å². The predicted molar refractivity (Wildman–Crippen MR) is 72.0 cm³/mol. The molecular weight excluding hydrogens is 272 g/mol. The van der Waals surface area contributed by atoms with E-state index in [2.05, 4.69) is 20.0 Å². The largest absolute Gasteiger partial charge is 0.334 e. The number of amides is 2. The van der Waals surface area contributed by atoms with Crippen molar-refractivity contribution >= 4 is 34.3 Å². The van der Waals surface area contributed by atoms with Crippen molar-refractivity contribution in [3.05, 3.63) is 40.7 Å². The fourth-order valence-corrected chi connectivity index (χ4v) is 1.97. The molecule has 2 amide bonds. The molecule has 2 N–H and O–H groups in total. The lowest BCUT2D eigenvalue weighted by molar-refractivity contribution is 0.251. The van der Waals surface area contributed by atoms with Crippen LogP contribution < -0.4 is 10.6 Å². The summed E-state index contributed by atoms with van der Waals surface area (Å²) in [6.45, 7) is 2.20. The van der Waals surface area contributed by atoms with Crippen molar-refractivity contribution in [2.75, 3.05) is 5.32 Å². The first-order valence-electron chi connectivity index (χ1n) is 5.23. The van der Waals surface area contributed by atoms with Crippen molar-refractivity contribution in [2.45, 2.75) is 13.5 Å². The van der Waals surface area contributed by atoms with Gasteiger partial charge in [0.25, 0.3) is 0 Å². The Morgan fingerprint density at radius 1 is 1.39 bits per heavy atom. The number of rotatable bonds is 3. The van der Waals surface area contributed by atoms with Crippen molar-refractivity contribution in [1.29, 1.82) is 0 Å². The number of anilines is 1. The molecule has 94 valence electrons. The second kappa shape index (κ2) is 5.79. The summed E-state index contributed by atoms with van der Waals surface area (Å²) in [6, 6.07) is 6.98. The summed E-state index contributed by atoms with van der Waals surface area (Å²) in [6.07, 6.45) is 0. The molecule has 0 unspecified atom stereocenters. The van der Waals surface area contributed by atoms with E-state index in [-0.39, 0.29) is 6.03 Å². The zero-order valence-corrected chi connectivity index (χ0v) is 11.2. The van der Waals surface area contributed by atoms with Crippen LogP contribution in [0.5, 0.6) is 0 Å². The van der Waals surface area contributed by atoms with Gasteiger partial charge in [0.1, 0.15) is 5.82 Å². The number of nitrogens with zero attached hydrogens (tertiary/aromatic N) is 2. The van der Waals surface area contributed by atoms with Gasteiger partial charge in [0.2, 0.25) is 5.13 Å². The summed E-state index contributed by atoms with van der Waals surface area (Å²) in [4.78, 5) is 15.6. The molecule has 0 saturated heterocycles. The molecule has 5 nitrogen and oxygen atoms in total. The van der Waals surface area contributed by atoms with E-state index >= 15 is 0 Å². The Kier molecular flexibility index (Phi) is 4.11. The standard InChI is InChI=1S/C11H11ClN4OS/c1-7-14-11(18-16-7)15-10(17)13-6-8-2-4-9(12)5-3-8/h2-5H,6H2,1H3,(H2,13,14,15,16,17). The van der Waals surface area contributed by atoms with E-state index in [1.54, 1.807) is 19.1 Å². The summed E-state index contributed by atoms with van der Waals surface area (Å²) >= 11 is 6.92. The first kappa shape index (κ1) is 12.8. The molecule has 0 spiro atoms. The highest BCUT2D eigenvalue weighted by Crippen LogP contribution is 2.10. The Hall–Kier alpha value is -1.66. The fourth-order valence-electron chi connectivity index (χ4n) is 1.27. The maximum absolute atomic E-state index is 11.6. The SMILES string of the molecule is Cc1nsc(NC(=O)NCc2ccc(Cl)cc2)n1. The van der Waals surface area contributed by atoms with Gasteiger partial charge in [-0.2, -0.15) is 4.37 Å². The number of benzene rings is 1. The van der Waals surface area contributed by atoms with Gasteiger partial charge < -0.3 is 5.32 Å². The van der Waals surface area contributed by atoms with Crippen LogP contribution >= 0.6 is 23.1 Å². The molecule has 0 aliphatic carbocycles. The Morgan fingerprint density at radius 2 is 2.11 bits per heavy atom. The predicted octanol–water partition coefficient (Wildman–Crippen LogP) is 2.82. The summed E-state index contributed by atoms with van der Waals surface area (Å²) < 4.78 is 3.97. The average Bonchev–Trinajstić information content (AvgIpc) is 2.74. The minimum absolute atomic E-state index is 0.305. The van der Waals surface area contributed by atoms with Gasteiger partial charge in [-0.15, -0.1) is 0 Å².